The van der Waals surface area contributed by atoms with Crippen LogP contribution >= 0.6 is 0 Å². The van der Waals surface area contributed by atoms with Gasteiger partial charge in [0.05, 0.1) is 11.3 Å². The smallest absolute Gasteiger partial charge is 0.240 e. The summed E-state index contributed by atoms with van der Waals surface area (Å²) < 4.78 is 0. The van der Waals surface area contributed by atoms with Crippen molar-refractivity contribution in [3.63, 3.8) is 0 Å². The van der Waals surface area contributed by atoms with Crippen LogP contribution in [0.4, 0.5) is 5.69 Å². The van der Waals surface area contributed by atoms with Crippen LogP contribution in [0.2, 0.25) is 0 Å². The molecule has 1 saturated heterocycles. The zero-order valence-electron chi connectivity index (χ0n) is 8.05. The molecule has 76 valence electrons. The van der Waals surface area contributed by atoms with Gasteiger partial charge in [-0.25, -0.2) is 0 Å². The van der Waals surface area contributed by atoms with Crippen LogP contribution in [-0.2, 0) is 4.79 Å². The molecule has 0 radical (unpaired) electrons. The Kier molecular flexibility index (Phi) is 2.26. The van der Waals surface area contributed by atoms with E-state index in [4.69, 9.17) is 11.0 Å². The van der Waals surface area contributed by atoms with Gasteiger partial charge in [0.15, 0.2) is 0 Å². The second-order valence-electron chi connectivity index (χ2n) is 3.40. The fourth-order valence-corrected chi connectivity index (χ4v) is 1.70. The monoisotopic (exact) mass is 202 g/mol. The number of aromatic nitrogens is 1. The van der Waals surface area contributed by atoms with Crippen LogP contribution < -0.4 is 10.6 Å². The zero-order chi connectivity index (χ0) is 10.8. The quantitative estimate of drug-likeness (QED) is 0.732. The van der Waals surface area contributed by atoms with Gasteiger partial charge < -0.3 is 10.6 Å². The first kappa shape index (κ1) is 9.46. The van der Waals surface area contributed by atoms with E-state index in [1.165, 1.54) is 6.20 Å². The molecule has 0 saturated carbocycles. The summed E-state index contributed by atoms with van der Waals surface area (Å²) >= 11 is 0. The minimum Gasteiger partial charge on any atom is -0.368 e. The average molecular weight is 202 g/mol. The minimum atomic E-state index is -0.345. The molecule has 0 spiro atoms. The molecule has 1 aromatic rings. The molecule has 0 aromatic carbocycles. The molecule has 1 fully saturated rings. The molecule has 1 amide bonds. The van der Waals surface area contributed by atoms with Gasteiger partial charge in [-0.2, -0.15) is 5.26 Å². The number of hydrogen-bond donors (Lipinski definition) is 1. The van der Waals surface area contributed by atoms with Crippen LogP contribution in [0.5, 0.6) is 0 Å². The van der Waals surface area contributed by atoms with Gasteiger partial charge in [-0.15, -0.1) is 0 Å². The van der Waals surface area contributed by atoms with E-state index in [9.17, 15) is 4.79 Å². The predicted octanol–water partition coefficient (Wildman–Crippen LogP) is 0.0173. The van der Waals surface area contributed by atoms with Crippen molar-refractivity contribution in [1.82, 2.24) is 4.98 Å². The molecule has 5 nitrogen and oxygen atoms in total. The number of primary amides is 1. The molecule has 0 aliphatic carbocycles. The van der Waals surface area contributed by atoms with Crippen LogP contribution in [-0.4, -0.2) is 23.5 Å². The van der Waals surface area contributed by atoms with Crippen LogP contribution in [0.3, 0.4) is 0 Å². The first-order chi connectivity index (χ1) is 7.24. The van der Waals surface area contributed by atoms with Gasteiger partial charge in [0.1, 0.15) is 12.1 Å². The van der Waals surface area contributed by atoms with Gasteiger partial charge in [-0.05, 0) is 12.5 Å². The number of amides is 1. The number of rotatable bonds is 2. The molecular formula is C10H10N4O. The highest BCUT2D eigenvalue weighted by Gasteiger charge is 2.33. The third kappa shape index (κ3) is 1.50. The number of carbonyl (C=O) groups excluding carboxylic acids is 1. The SMILES string of the molecule is N#Cc1cnccc1N1CCC1C(N)=O. The lowest BCUT2D eigenvalue weighted by Crippen LogP contribution is -2.55. The summed E-state index contributed by atoms with van der Waals surface area (Å²) in [6.45, 7) is 0.756. The highest BCUT2D eigenvalue weighted by atomic mass is 16.1. The van der Waals surface area contributed by atoms with Crippen molar-refractivity contribution in [3.05, 3.63) is 24.0 Å². The largest absolute Gasteiger partial charge is 0.368 e. The molecule has 2 rings (SSSR count). The van der Waals surface area contributed by atoms with Crippen molar-refractivity contribution >= 4 is 11.6 Å². The van der Waals surface area contributed by atoms with Crippen molar-refractivity contribution in [1.29, 1.82) is 5.26 Å². The van der Waals surface area contributed by atoms with E-state index < -0.39 is 0 Å². The number of nitriles is 1. The summed E-state index contributed by atoms with van der Waals surface area (Å²) in [5.74, 6) is -0.345. The topological polar surface area (TPSA) is 83.0 Å². The fourth-order valence-electron chi connectivity index (χ4n) is 1.70. The van der Waals surface area contributed by atoms with E-state index in [2.05, 4.69) is 4.98 Å². The van der Waals surface area contributed by atoms with Crippen molar-refractivity contribution in [3.8, 4) is 6.07 Å². The molecule has 2 N–H and O–H groups in total. The Balaban J connectivity index is 2.31. The molecule has 1 aliphatic rings. The molecule has 1 aromatic heterocycles. The number of pyridine rings is 1. The van der Waals surface area contributed by atoms with Gasteiger partial charge in [0.25, 0.3) is 0 Å². The van der Waals surface area contributed by atoms with E-state index >= 15 is 0 Å². The van der Waals surface area contributed by atoms with E-state index in [-0.39, 0.29) is 11.9 Å². The third-order valence-corrected chi connectivity index (χ3v) is 2.58. The van der Waals surface area contributed by atoms with Gasteiger partial charge in [-0.3, -0.25) is 9.78 Å². The van der Waals surface area contributed by atoms with Gasteiger partial charge in [0.2, 0.25) is 5.91 Å². The summed E-state index contributed by atoms with van der Waals surface area (Å²) in [7, 11) is 0. The first-order valence-corrected chi connectivity index (χ1v) is 4.64. The van der Waals surface area contributed by atoms with Crippen LogP contribution in [0, 0.1) is 11.3 Å². The maximum Gasteiger partial charge on any atom is 0.240 e. The molecule has 1 unspecified atom stereocenters. The van der Waals surface area contributed by atoms with E-state index in [0.29, 0.717) is 5.56 Å². The van der Waals surface area contributed by atoms with Crippen LogP contribution in [0.15, 0.2) is 18.5 Å². The van der Waals surface area contributed by atoms with Crippen molar-refractivity contribution in [2.24, 2.45) is 5.73 Å². The maximum absolute atomic E-state index is 11.0. The number of anilines is 1. The Hall–Kier alpha value is -2.09. The Morgan fingerprint density at radius 1 is 1.73 bits per heavy atom. The normalized spacial score (nSPS) is 19.1. The molecular weight excluding hydrogens is 192 g/mol. The Bertz CT molecular complexity index is 437. The number of hydrogen-bond acceptors (Lipinski definition) is 4. The van der Waals surface area contributed by atoms with E-state index in [0.717, 1.165) is 18.7 Å². The highest BCUT2D eigenvalue weighted by Crippen LogP contribution is 2.28. The summed E-state index contributed by atoms with van der Waals surface area (Å²) in [4.78, 5) is 16.7. The van der Waals surface area contributed by atoms with Crippen LogP contribution in [0.25, 0.3) is 0 Å². The Labute approximate surface area is 87.1 Å². The maximum atomic E-state index is 11.0. The second kappa shape index (κ2) is 3.58. The lowest BCUT2D eigenvalue weighted by molar-refractivity contribution is -0.120. The lowest BCUT2D eigenvalue weighted by atomic mass is 10.0. The Morgan fingerprint density at radius 3 is 3.07 bits per heavy atom. The predicted molar refractivity (Wildman–Crippen MR) is 53.9 cm³/mol. The minimum absolute atomic E-state index is 0.278. The average Bonchev–Trinajstić information content (AvgIpc) is 2.16. The number of carbonyl (C=O) groups is 1. The molecule has 2 heterocycles. The second-order valence-corrected chi connectivity index (χ2v) is 3.40. The molecule has 5 heteroatoms. The number of nitrogens with zero attached hydrogens (tertiary/aromatic N) is 3. The first-order valence-electron chi connectivity index (χ1n) is 4.64. The zero-order valence-corrected chi connectivity index (χ0v) is 8.05. The van der Waals surface area contributed by atoms with Crippen molar-refractivity contribution < 1.29 is 4.79 Å². The molecule has 1 atom stereocenters. The molecule has 15 heavy (non-hydrogen) atoms. The van der Waals surface area contributed by atoms with Crippen molar-refractivity contribution in [2.45, 2.75) is 12.5 Å². The summed E-state index contributed by atoms with van der Waals surface area (Å²) in [5, 5.41) is 8.88. The summed E-state index contributed by atoms with van der Waals surface area (Å²) in [6.07, 6.45) is 3.85. The standard InChI is InChI=1S/C10H10N4O/c11-5-7-6-13-3-1-8(7)14-4-2-9(14)10(12)15/h1,3,6,9H,2,4H2,(H2,12,15). The Morgan fingerprint density at radius 2 is 2.53 bits per heavy atom. The summed E-state index contributed by atoms with van der Waals surface area (Å²) in [5.41, 5.74) is 6.45. The lowest BCUT2D eigenvalue weighted by Gasteiger charge is -2.40. The van der Waals surface area contributed by atoms with Gasteiger partial charge in [0, 0.05) is 18.9 Å². The molecule has 1 aliphatic heterocycles. The van der Waals surface area contributed by atoms with Crippen LogP contribution in [0.1, 0.15) is 12.0 Å². The number of nitrogens with two attached hydrogens (primary N) is 1. The van der Waals surface area contributed by atoms with Gasteiger partial charge in [-0.1, -0.05) is 0 Å². The van der Waals surface area contributed by atoms with E-state index in [1.54, 1.807) is 12.3 Å². The van der Waals surface area contributed by atoms with Crippen molar-refractivity contribution in [2.75, 3.05) is 11.4 Å². The summed E-state index contributed by atoms with van der Waals surface area (Å²) in [6, 6.07) is 3.50. The molecule has 0 bridgehead atoms. The fraction of sp³-hybridized carbons (Fsp3) is 0.300. The third-order valence-electron chi connectivity index (χ3n) is 2.58. The highest BCUT2D eigenvalue weighted by molar-refractivity contribution is 5.86. The van der Waals surface area contributed by atoms with Gasteiger partial charge >= 0.3 is 0 Å². The van der Waals surface area contributed by atoms with E-state index in [1.807, 2.05) is 11.0 Å².